The number of rotatable bonds is 0. The fraction of sp³-hybridized carbons (Fsp3) is 0.750. The number of phenolic OH excluding ortho intramolecular Hbond substituents is 1. The van der Waals surface area contributed by atoms with Crippen LogP contribution in [0.3, 0.4) is 0 Å². The van der Waals surface area contributed by atoms with Crippen LogP contribution in [0, 0.1) is 0 Å². The van der Waals surface area contributed by atoms with Crippen LogP contribution in [-0.2, 0) is 23.7 Å². The first-order valence-electron chi connectivity index (χ1n) is 12.2. The predicted molar refractivity (Wildman–Crippen MR) is 126 cm³/mol. The van der Waals surface area contributed by atoms with Crippen molar-refractivity contribution < 1.29 is 38.3 Å². The molecule has 34 heavy (non-hydrogen) atoms. The molecule has 2 aliphatic rings. The number of hydrogen-bond donors (Lipinski definition) is 1. The van der Waals surface area contributed by atoms with Crippen molar-refractivity contribution in [1.29, 1.82) is 0 Å². The van der Waals surface area contributed by atoms with Gasteiger partial charge in [0, 0.05) is 39.3 Å². The number of benzene rings is 1. The number of para-hydroxylation sites is 1. The van der Waals surface area contributed by atoms with E-state index in [9.17, 15) is 5.11 Å². The summed E-state index contributed by atoms with van der Waals surface area (Å²) in [6.07, 6.45) is 0. The largest absolute Gasteiger partial charge is 0.502 e. The van der Waals surface area contributed by atoms with Crippen molar-refractivity contribution in [3.05, 3.63) is 18.2 Å². The summed E-state index contributed by atoms with van der Waals surface area (Å²) in [7, 11) is 0. The first-order valence-corrected chi connectivity index (χ1v) is 12.2. The number of nitrogens with zero attached hydrogens (tertiary/aromatic N) is 2. The average Bonchev–Trinajstić information content (AvgIpc) is 2.84. The van der Waals surface area contributed by atoms with E-state index in [1.165, 1.54) is 0 Å². The molecule has 0 saturated carbocycles. The Kier molecular flexibility index (Phi) is 13.4. The van der Waals surface area contributed by atoms with Crippen molar-refractivity contribution >= 4 is 0 Å². The van der Waals surface area contributed by atoms with Gasteiger partial charge in [0.05, 0.1) is 66.1 Å². The van der Waals surface area contributed by atoms with Gasteiger partial charge in [-0.3, -0.25) is 9.80 Å². The molecule has 2 aliphatic heterocycles. The highest BCUT2D eigenvalue weighted by atomic mass is 16.5. The van der Waals surface area contributed by atoms with E-state index in [2.05, 4.69) is 9.80 Å². The molecule has 4 bridgehead atoms. The first kappa shape index (κ1) is 26.9. The summed E-state index contributed by atoms with van der Waals surface area (Å²) in [6, 6.07) is 5.33. The van der Waals surface area contributed by atoms with Gasteiger partial charge in [-0.1, -0.05) is 6.07 Å². The molecule has 2 atom stereocenters. The summed E-state index contributed by atoms with van der Waals surface area (Å²) in [5.74, 6) is 0.862. The van der Waals surface area contributed by atoms with E-state index in [1.807, 2.05) is 6.07 Å². The van der Waals surface area contributed by atoms with E-state index < -0.39 is 0 Å². The summed E-state index contributed by atoms with van der Waals surface area (Å²) in [4.78, 5) is 4.45. The molecule has 2 heterocycles. The lowest BCUT2D eigenvalue weighted by Gasteiger charge is -2.23. The molecule has 0 aromatic heterocycles. The van der Waals surface area contributed by atoms with Crippen molar-refractivity contribution in [2.24, 2.45) is 0 Å². The first-order chi connectivity index (χ1) is 16.8. The van der Waals surface area contributed by atoms with Crippen LogP contribution in [0.5, 0.6) is 17.2 Å². The van der Waals surface area contributed by atoms with E-state index in [1.54, 1.807) is 12.1 Å². The topological polar surface area (TPSA) is 91.3 Å². The number of aromatic hydroxyl groups is 1. The second kappa shape index (κ2) is 16.9. The van der Waals surface area contributed by atoms with Crippen LogP contribution < -0.4 is 9.47 Å². The van der Waals surface area contributed by atoms with Gasteiger partial charge in [-0.05, 0) is 12.1 Å². The predicted octanol–water partition coefficient (Wildman–Crippen LogP) is 0.864. The molecule has 1 fully saturated rings. The van der Waals surface area contributed by atoms with Gasteiger partial charge < -0.3 is 38.3 Å². The van der Waals surface area contributed by atoms with Gasteiger partial charge in [0.2, 0.25) is 5.75 Å². The van der Waals surface area contributed by atoms with Crippen molar-refractivity contribution in [1.82, 2.24) is 9.80 Å². The molecule has 10 heteroatoms. The fourth-order valence-corrected chi connectivity index (χ4v) is 3.61. The maximum atomic E-state index is 10.6. The highest BCUT2D eigenvalue weighted by Crippen LogP contribution is 2.35. The number of hydrogen-bond acceptors (Lipinski definition) is 10. The Morgan fingerprint density at radius 2 is 0.794 bits per heavy atom. The second-order valence-corrected chi connectivity index (χ2v) is 8.04. The summed E-state index contributed by atoms with van der Waals surface area (Å²) in [6.45, 7) is 10.9. The Balaban J connectivity index is 1.68. The van der Waals surface area contributed by atoms with Crippen molar-refractivity contribution in [2.75, 3.05) is 119 Å². The summed E-state index contributed by atoms with van der Waals surface area (Å²) >= 11 is 0. The van der Waals surface area contributed by atoms with Gasteiger partial charge in [0.25, 0.3) is 0 Å². The average molecular weight is 485 g/mol. The molecule has 1 saturated heterocycles. The standard InChI is InChI=1S/C24H40N2O8/c27-24-22-2-1-3-23(24)34-15-9-26-5-11-29-17-16-28-10-4-25(8-14-33-22)6-12-30-18-20-32-21-19-31-13-7-26/h1-3,27H,4-21H2. The third kappa shape index (κ3) is 10.7. The number of ether oxygens (including phenoxy) is 7. The molecular weight excluding hydrogens is 444 g/mol. The number of phenols is 1. The highest BCUT2D eigenvalue weighted by Gasteiger charge is 2.13. The van der Waals surface area contributed by atoms with E-state index in [-0.39, 0.29) is 5.75 Å². The maximum Gasteiger partial charge on any atom is 0.200 e. The molecule has 1 aromatic carbocycles. The quantitative estimate of drug-likeness (QED) is 0.535. The van der Waals surface area contributed by atoms with Gasteiger partial charge in [-0.25, -0.2) is 0 Å². The van der Waals surface area contributed by atoms with Crippen molar-refractivity contribution in [2.45, 2.75) is 0 Å². The third-order valence-corrected chi connectivity index (χ3v) is 5.62. The Bertz CT molecular complexity index is 616. The summed E-state index contributed by atoms with van der Waals surface area (Å²) < 4.78 is 40.3. The van der Waals surface area contributed by atoms with E-state index in [0.29, 0.717) is 104 Å². The second-order valence-electron chi connectivity index (χ2n) is 8.04. The molecule has 194 valence electrons. The van der Waals surface area contributed by atoms with Crippen molar-refractivity contribution in [3.8, 4) is 17.2 Å². The zero-order chi connectivity index (χ0) is 23.7. The molecule has 0 radical (unpaired) electrons. The molecule has 0 spiro atoms. The Hall–Kier alpha value is -1.66. The van der Waals surface area contributed by atoms with Crippen LogP contribution >= 0.6 is 0 Å². The van der Waals surface area contributed by atoms with Gasteiger partial charge in [0.1, 0.15) is 13.2 Å². The molecule has 2 unspecified atom stereocenters. The molecule has 1 aromatic rings. The third-order valence-electron chi connectivity index (χ3n) is 5.62. The minimum Gasteiger partial charge on any atom is -0.502 e. The van der Waals surface area contributed by atoms with Crippen LogP contribution in [0.4, 0.5) is 0 Å². The van der Waals surface area contributed by atoms with Gasteiger partial charge in [0.15, 0.2) is 11.5 Å². The molecule has 0 aliphatic carbocycles. The zero-order valence-corrected chi connectivity index (χ0v) is 20.2. The van der Waals surface area contributed by atoms with E-state index in [4.69, 9.17) is 33.2 Å². The SMILES string of the molecule is Oc1c2cccc1OCCN1CCOCCOCCOCCN(CCOCCOCC1)CCO2. The van der Waals surface area contributed by atoms with E-state index >= 15 is 0 Å². The Labute approximate surface area is 202 Å². The van der Waals surface area contributed by atoms with Gasteiger partial charge in [-0.15, -0.1) is 0 Å². The molecular formula is C24H40N2O8. The zero-order valence-electron chi connectivity index (χ0n) is 20.2. The normalized spacial score (nSPS) is 25.9. The van der Waals surface area contributed by atoms with Crippen LogP contribution in [0.2, 0.25) is 0 Å². The summed E-state index contributed by atoms with van der Waals surface area (Å²) in [5.41, 5.74) is 0. The van der Waals surface area contributed by atoms with Gasteiger partial charge in [-0.2, -0.15) is 0 Å². The minimum absolute atomic E-state index is 0.0268. The smallest absolute Gasteiger partial charge is 0.200 e. The Morgan fingerprint density at radius 1 is 0.471 bits per heavy atom. The molecule has 10 nitrogen and oxygen atoms in total. The monoisotopic (exact) mass is 484 g/mol. The lowest BCUT2D eigenvalue weighted by Crippen LogP contribution is -2.35. The lowest BCUT2D eigenvalue weighted by molar-refractivity contribution is 0.00500. The highest BCUT2D eigenvalue weighted by molar-refractivity contribution is 5.49. The van der Waals surface area contributed by atoms with Crippen LogP contribution in [0.1, 0.15) is 0 Å². The molecule has 0 amide bonds. The fourth-order valence-electron chi connectivity index (χ4n) is 3.61. The Morgan fingerprint density at radius 3 is 1.18 bits per heavy atom. The van der Waals surface area contributed by atoms with Crippen molar-refractivity contribution in [3.63, 3.8) is 0 Å². The van der Waals surface area contributed by atoms with Crippen LogP contribution in [0.25, 0.3) is 0 Å². The summed E-state index contributed by atoms with van der Waals surface area (Å²) in [5, 5.41) is 10.6. The van der Waals surface area contributed by atoms with Crippen LogP contribution in [-0.4, -0.2) is 133 Å². The van der Waals surface area contributed by atoms with Gasteiger partial charge >= 0.3 is 0 Å². The van der Waals surface area contributed by atoms with E-state index in [0.717, 1.165) is 26.2 Å². The number of fused-ring (bicyclic) bond motifs is 11. The maximum absolute atomic E-state index is 10.6. The minimum atomic E-state index is 0.0268. The molecule has 1 N–H and O–H groups in total. The molecule has 3 rings (SSSR count). The van der Waals surface area contributed by atoms with Crippen LogP contribution in [0.15, 0.2) is 18.2 Å². The lowest BCUT2D eigenvalue weighted by atomic mass is 10.3.